The molecule has 3 nitrogen and oxygen atoms in total. The summed E-state index contributed by atoms with van der Waals surface area (Å²) in [6.07, 6.45) is 5.27. The third-order valence-corrected chi connectivity index (χ3v) is 6.16. The maximum Gasteiger partial charge on any atom is 0.230 e. The summed E-state index contributed by atoms with van der Waals surface area (Å²) < 4.78 is 0. The average Bonchev–Trinajstić information content (AvgIpc) is 3.16. The van der Waals surface area contributed by atoms with Crippen molar-refractivity contribution in [2.75, 3.05) is 5.32 Å². The fourth-order valence-corrected chi connectivity index (χ4v) is 4.46. The molecule has 4 rings (SSSR count). The first kappa shape index (κ1) is 18.9. The Bertz CT molecular complexity index is 973. The minimum Gasteiger partial charge on any atom is -0.302 e. The van der Waals surface area contributed by atoms with Crippen molar-refractivity contribution >= 4 is 22.4 Å². The third-order valence-electron chi connectivity index (χ3n) is 5.41. The van der Waals surface area contributed by atoms with Crippen LogP contribution in [-0.4, -0.2) is 10.9 Å². The van der Waals surface area contributed by atoms with Gasteiger partial charge in [0.05, 0.1) is 12.1 Å². The van der Waals surface area contributed by atoms with Crippen LogP contribution >= 0.6 is 11.3 Å². The van der Waals surface area contributed by atoms with Crippen molar-refractivity contribution in [1.82, 2.24) is 4.98 Å². The number of hydrogen-bond donors (Lipinski definition) is 1. The maximum absolute atomic E-state index is 12.4. The molecule has 0 fully saturated rings. The number of aryl methyl sites for hydroxylation is 2. The lowest BCUT2D eigenvalue weighted by Crippen LogP contribution is -2.14. The van der Waals surface area contributed by atoms with Gasteiger partial charge in [0.15, 0.2) is 5.13 Å². The van der Waals surface area contributed by atoms with Crippen molar-refractivity contribution < 1.29 is 4.79 Å². The summed E-state index contributed by atoms with van der Waals surface area (Å²) in [4.78, 5) is 17.0. The van der Waals surface area contributed by atoms with E-state index >= 15 is 0 Å². The number of nitrogens with one attached hydrogen (secondary N) is 1. The molecule has 144 valence electrons. The van der Waals surface area contributed by atoms with Crippen LogP contribution in [0.3, 0.4) is 0 Å². The minimum absolute atomic E-state index is 0.0244. The molecule has 0 saturated carbocycles. The van der Waals surface area contributed by atoms with Crippen LogP contribution in [-0.2, 0) is 24.1 Å². The predicted molar refractivity (Wildman–Crippen MR) is 117 cm³/mol. The molecule has 0 bridgehead atoms. The Labute approximate surface area is 170 Å². The van der Waals surface area contributed by atoms with Gasteiger partial charge in [0.1, 0.15) is 0 Å². The Hall–Kier alpha value is -2.46. The number of carbonyl (C=O) groups excluding carboxylic acids is 1. The van der Waals surface area contributed by atoms with Gasteiger partial charge in [0.25, 0.3) is 0 Å². The van der Waals surface area contributed by atoms with Crippen LogP contribution in [0.1, 0.15) is 54.9 Å². The van der Waals surface area contributed by atoms with Gasteiger partial charge in [-0.1, -0.05) is 50.2 Å². The molecule has 0 saturated heterocycles. The zero-order chi connectivity index (χ0) is 19.5. The largest absolute Gasteiger partial charge is 0.302 e. The van der Waals surface area contributed by atoms with E-state index in [4.69, 9.17) is 0 Å². The average molecular weight is 391 g/mol. The number of amides is 1. The van der Waals surface area contributed by atoms with Crippen molar-refractivity contribution in [3.63, 3.8) is 0 Å². The van der Waals surface area contributed by atoms with Gasteiger partial charge < -0.3 is 5.32 Å². The van der Waals surface area contributed by atoms with E-state index < -0.39 is 0 Å². The molecule has 0 atom stereocenters. The molecule has 0 aliphatic heterocycles. The summed E-state index contributed by atoms with van der Waals surface area (Å²) in [5, 5.41) is 5.64. The highest BCUT2D eigenvalue weighted by atomic mass is 32.1. The highest BCUT2D eigenvalue weighted by Gasteiger charge is 2.13. The molecule has 1 heterocycles. The van der Waals surface area contributed by atoms with Gasteiger partial charge in [0, 0.05) is 10.9 Å². The van der Waals surface area contributed by atoms with Crippen LogP contribution in [0.2, 0.25) is 0 Å². The number of aromatic nitrogens is 1. The molecule has 0 radical (unpaired) electrons. The first-order chi connectivity index (χ1) is 13.6. The molecule has 0 spiro atoms. The van der Waals surface area contributed by atoms with E-state index in [0.29, 0.717) is 17.5 Å². The molecule has 28 heavy (non-hydrogen) atoms. The molecule has 1 N–H and O–H groups in total. The SMILES string of the molecule is CC(C)c1ccc(CC(=O)Nc2nc(-c3ccc4c(c3)CCCC4)cs2)cc1. The van der Waals surface area contributed by atoms with Gasteiger partial charge in [-0.3, -0.25) is 4.79 Å². The summed E-state index contributed by atoms with van der Waals surface area (Å²) in [5.41, 5.74) is 7.32. The predicted octanol–water partition coefficient (Wildman–Crippen LogP) is 5.99. The summed E-state index contributed by atoms with van der Waals surface area (Å²) in [6, 6.07) is 14.9. The summed E-state index contributed by atoms with van der Waals surface area (Å²) >= 11 is 1.48. The molecular formula is C24H26N2OS. The van der Waals surface area contributed by atoms with E-state index in [1.807, 2.05) is 17.5 Å². The fourth-order valence-electron chi connectivity index (χ4n) is 3.73. The molecule has 1 amide bonds. The van der Waals surface area contributed by atoms with E-state index in [1.165, 1.54) is 47.3 Å². The van der Waals surface area contributed by atoms with Crippen molar-refractivity contribution in [2.45, 2.75) is 51.9 Å². The van der Waals surface area contributed by atoms with Crippen LogP contribution in [0.5, 0.6) is 0 Å². The smallest absolute Gasteiger partial charge is 0.230 e. The number of carbonyl (C=O) groups is 1. The molecule has 3 aromatic rings. The summed E-state index contributed by atoms with van der Waals surface area (Å²) in [7, 11) is 0. The third kappa shape index (κ3) is 4.33. The second kappa shape index (κ2) is 8.27. The number of anilines is 1. The molecule has 1 aliphatic carbocycles. The number of benzene rings is 2. The molecule has 1 aliphatic rings. The lowest BCUT2D eigenvalue weighted by atomic mass is 9.90. The number of hydrogen-bond acceptors (Lipinski definition) is 3. The topological polar surface area (TPSA) is 42.0 Å². The highest BCUT2D eigenvalue weighted by Crippen LogP contribution is 2.29. The number of nitrogens with zero attached hydrogens (tertiary/aromatic N) is 1. The normalized spacial score (nSPS) is 13.4. The number of thiazole rings is 1. The number of rotatable bonds is 5. The van der Waals surface area contributed by atoms with Crippen molar-refractivity contribution in [3.8, 4) is 11.3 Å². The van der Waals surface area contributed by atoms with E-state index in [9.17, 15) is 4.79 Å². The maximum atomic E-state index is 12.4. The van der Waals surface area contributed by atoms with Crippen LogP contribution < -0.4 is 5.32 Å². The zero-order valence-corrected chi connectivity index (χ0v) is 17.3. The van der Waals surface area contributed by atoms with Crippen LogP contribution in [0.15, 0.2) is 47.8 Å². The van der Waals surface area contributed by atoms with Crippen molar-refractivity contribution in [3.05, 3.63) is 70.1 Å². The van der Waals surface area contributed by atoms with Gasteiger partial charge >= 0.3 is 0 Å². The van der Waals surface area contributed by atoms with Crippen LogP contribution in [0.4, 0.5) is 5.13 Å². The van der Waals surface area contributed by atoms with Crippen LogP contribution in [0, 0.1) is 0 Å². The van der Waals surface area contributed by atoms with Gasteiger partial charge in [-0.05, 0) is 59.9 Å². The van der Waals surface area contributed by atoms with Gasteiger partial charge in [-0.25, -0.2) is 4.98 Å². The second-order valence-electron chi connectivity index (χ2n) is 7.85. The van der Waals surface area contributed by atoms with E-state index in [2.05, 4.69) is 54.5 Å². The Morgan fingerprint density at radius 2 is 1.82 bits per heavy atom. The van der Waals surface area contributed by atoms with E-state index in [1.54, 1.807) is 0 Å². The summed E-state index contributed by atoms with van der Waals surface area (Å²) in [6.45, 7) is 4.34. The molecule has 2 aromatic carbocycles. The molecule has 0 unspecified atom stereocenters. The Balaban J connectivity index is 1.41. The van der Waals surface area contributed by atoms with Gasteiger partial charge in [-0.2, -0.15) is 0 Å². The number of fused-ring (bicyclic) bond motifs is 1. The lowest BCUT2D eigenvalue weighted by Gasteiger charge is -2.16. The molecule has 4 heteroatoms. The molecular weight excluding hydrogens is 364 g/mol. The zero-order valence-electron chi connectivity index (χ0n) is 16.5. The fraction of sp³-hybridized carbons (Fsp3) is 0.333. The monoisotopic (exact) mass is 390 g/mol. The van der Waals surface area contributed by atoms with Crippen molar-refractivity contribution in [2.24, 2.45) is 0 Å². The van der Waals surface area contributed by atoms with E-state index in [-0.39, 0.29) is 5.91 Å². The Kier molecular flexibility index (Phi) is 5.58. The lowest BCUT2D eigenvalue weighted by molar-refractivity contribution is -0.115. The minimum atomic E-state index is -0.0244. The van der Waals surface area contributed by atoms with E-state index in [0.717, 1.165) is 23.2 Å². The highest BCUT2D eigenvalue weighted by molar-refractivity contribution is 7.14. The molecule has 1 aromatic heterocycles. The first-order valence-corrected chi connectivity index (χ1v) is 10.9. The van der Waals surface area contributed by atoms with Crippen molar-refractivity contribution in [1.29, 1.82) is 0 Å². The van der Waals surface area contributed by atoms with Gasteiger partial charge in [-0.15, -0.1) is 11.3 Å². The Morgan fingerprint density at radius 3 is 2.57 bits per heavy atom. The second-order valence-corrected chi connectivity index (χ2v) is 8.71. The van der Waals surface area contributed by atoms with Crippen LogP contribution in [0.25, 0.3) is 11.3 Å². The Morgan fingerprint density at radius 1 is 1.07 bits per heavy atom. The standard InChI is InChI=1S/C24H26N2OS/c1-16(2)18-9-7-17(8-10-18)13-23(27)26-24-25-22(15-28-24)21-12-11-19-5-3-4-6-20(19)14-21/h7-12,14-16H,3-6,13H2,1-2H3,(H,25,26,27). The summed E-state index contributed by atoms with van der Waals surface area (Å²) in [5.74, 6) is 0.476. The van der Waals surface area contributed by atoms with Gasteiger partial charge in [0.2, 0.25) is 5.91 Å². The quantitative estimate of drug-likeness (QED) is 0.581. The first-order valence-electron chi connectivity index (χ1n) is 10.0.